The van der Waals surface area contributed by atoms with Gasteiger partial charge in [-0.2, -0.15) is 19.0 Å². The molecule has 4 aromatic rings. The van der Waals surface area contributed by atoms with Gasteiger partial charge in [-0.25, -0.2) is 41.1 Å². The van der Waals surface area contributed by atoms with Crippen molar-refractivity contribution in [3.8, 4) is 16.8 Å². The van der Waals surface area contributed by atoms with Gasteiger partial charge in [-0.15, -0.1) is 0 Å². The Balaban J connectivity index is 1.59. The highest BCUT2D eigenvalue weighted by atomic mass is 35.5. The van der Waals surface area contributed by atoms with Gasteiger partial charge in [-0.1, -0.05) is 56.7 Å². The lowest BCUT2D eigenvalue weighted by molar-refractivity contribution is 0.0566. The molecule has 0 saturated heterocycles. The summed E-state index contributed by atoms with van der Waals surface area (Å²) in [5, 5.41) is 21.0. The number of carbonyl (C=O) groups excluding carboxylic acids is 2. The summed E-state index contributed by atoms with van der Waals surface area (Å²) in [6.45, 7) is 5.70. The molecule has 0 spiro atoms. The summed E-state index contributed by atoms with van der Waals surface area (Å²) >= 11 is 6.38. The molecule has 20 heteroatoms. The fourth-order valence-corrected chi connectivity index (χ4v) is 5.25. The van der Waals surface area contributed by atoms with Crippen LogP contribution >= 0.6 is 11.6 Å². The van der Waals surface area contributed by atoms with Crippen LogP contribution in [-0.4, -0.2) is 72.5 Å². The highest BCUT2D eigenvalue weighted by Gasteiger charge is 2.58. The molecule has 0 aliphatic heterocycles. The minimum atomic E-state index is -3.15. The fraction of sp³-hybridized carbons (Fsp3) is 0.353. The van der Waals surface area contributed by atoms with Gasteiger partial charge in [0.2, 0.25) is 0 Å². The topological polar surface area (TPSA) is 143 Å². The van der Waals surface area contributed by atoms with Gasteiger partial charge in [-0.3, -0.25) is 15.1 Å². The Kier molecular flexibility index (Phi) is 11.4. The van der Waals surface area contributed by atoms with E-state index in [0.29, 0.717) is 10.3 Å². The zero-order valence-corrected chi connectivity index (χ0v) is 29.5. The smallest absolute Gasteiger partial charge is 0.407 e. The predicted molar refractivity (Wildman–Crippen MR) is 181 cm³/mol. The van der Waals surface area contributed by atoms with E-state index in [1.54, 1.807) is 0 Å². The van der Waals surface area contributed by atoms with Crippen molar-refractivity contribution in [2.45, 2.75) is 58.2 Å². The highest BCUT2D eigenvalue weighted by Crippen LogP contribution is 2.41. The van der Waals surface area contributed by atoms with Gasteiger partial charge in [0, 0.05) is 35.9 Å². The normalized spacial score (nSPS) is 15.5. The molecule has 2 amide bonds. The number of hydrogen-bond donors (Lipinski definition) is 3. The van der Waals surface area contributed by atoms with Crippen molar-refractivity contribution >= 4 is 29.6 Å². The summed E-state index contributed by atoms with van der Waals surface area (Å²) in [4.78, 5) is 31.4. The van der Waals surface area contributed by atoms with Gasteiger partial charge < -0.3 is 15.4 Å². The fourth-order valence-electron chi connectivity index (χ4n) is 5.06. The molecular formula is C34H33ClF7N9O3. The van der Waals surface area contributed by atoms with Crippen LogP contribution < -0.4 is 10.6 Å². The van der Waals surface area contributed by atoms with E-state index in [1.165, 1.54) is 18.2 Å². The van der Waals surface area contributed by atoms with Gasteiger partial charge in [-0.05, 0) is 35.2 Å². The number of alkyl halides is 6. The lowest BCUT2D eigenvalue weighted by Crippen LogP contribution is -2.49. The Labute approximate surface area is 308 Å². The number of carbonyl (C=O) groups is 2. The van der Waals surface area contributed by atoms with Crippen molar-refractivity contribution in [1.29, 1.82) is 5.41 Å². The SMILES string of the molecule is C=C(CNC(=N)N(C(=O)c1ccc(-c2cnn(C(F)F)c2)c(F)c1)C(COC(=O)NC1CC1(F)F)c1ccc(Cl)c(-n2ncnc2C(F)F)c1)C(C)(C)C. The van der Waals surface area contributed by atoms with Crippen LogP contribution in [0.15, 0.2) is 67.3 Å². The third-order valence-electron chi connectivity index (χ3n) is 8.47. The number of halogens is 8. The zero-order valence-electron chi connectivity index (χ0n) is 28.8. The molecule has 2 atom stereocenters. The summed E-state index contributed by atoms with van der Waals surface area (Å²) in [7, 11) is 0. The zero-order chi connectivity index (χ0) is 39.7. The molecule has 1 aliphatic rings. The van der Waals surface area contributed by atoms with Crippen molar-refractivity contribution in [1.82, 2.24) is 40.1 Å². The summed E-state index contributed by atoms with van der Waals surface area (Å²) in [5.41, 5.74) is -0.578. The molecule has 2 aromatic carbocycles. The van der Waals surface area contributed by atoms with Crippen molar-refractivity contribution < 1.29 is 45.1 Å². The van der Waals surface area contributed by atoms with E-state index in [2.05, 4.69) is 27.1 Å². The Hall–Kier alpha value is -5.46. The van der Waals surface area contributed by atoms with Crippen LogP contribution in [0.1, 0.15) is 68.0 Å². The second-order valence-electron chi connectivity index (χ2n) is 13.2. The monoisotopic (exact) mass is 783 g/mol. The number of ether oxygens (including phenoxy) is 1. The van der Waals surface area contributed by atoms with Gasteiger partial charge in [0.15, 0.2) is 11.8 Å². The number of rotatable bonds is 12. The molecule has 2 heterocycles. The Bertz CT molecular complexity index is 2070. The van der Waals surface area contributed by atoms with E-state index in [9.17, 15) is 35.9 Å². The molecule has 1 fully saturated rings. The Morgan fingerprint density at radius 2 is 1.85 bits per heavy atom. The average Bonchev–Trinajstić information content (AvgIpc) is 3.50. The first-order valence-corrected chi connectivity index (χ1v) is 16.4. The van der Waals surface area contributed by atoms with Gasteiger partial charge >= 0.3 is 12.6 Å². The maximum Gasteiger partial charge on any atom is 0.407 e. The maximum atomic E-state index is 15.6. The molecule has 2 unspecified atom stereocenters. The van der Waals surface area contributed by atoms with Crippen molar-refractivity contribution in [3.05, 3.63) is 95.1 Å². The third-order valence-corrected chi connectivity index (χ3v) is 8.79. The number of aromatic nitrogens is 5. The van der Waals surface area contributed by atoms with E-state index in [-0.39, 0.29) is 39.5 Å². The highest BCUT2D eigenvalue weighted by molar-refractivity contribution is 6.32. The summed E-state index contributed by atoms with van der Waals surface area (Å²) in [6, 6.07) is 3.87. The lowest BCUT2D eigenvalue weighted by atomic mass is 9.88. The number of nitrogens with zero attached hydrogens (tertiary/aromatic N) is 6. The van der Waals surface area contributed by atoms with Crippen LogP contribution in [0.4, 0.5) is 35.5 Å². The standard InChI is InChI=1S/C34H33ClF7N9O3/c1-17(33(2,3)4)12-44-31(43)50(29(52)19-5-7-21(23(36)9-19)20-13-46-49(14-20)30(39)40)25(15-54-32(53)48-26-11-34(26,41)42)18-6-8-22(35)24(10-18)51-28(27(37)38)45-16-47-51/h5-10,13-14,16,25-27,30H,1,11-12,15H2,2-4H3,(H2,43,44)(H,48,53). The number of alkyl carbamates (subject to hydrolysis) is 1. The minimum absolute atomic E-state index is 0.0146. The van der Waals surface area contributed by atoms with E-state index in [4.69, 9.17) is 21.7 Å². The summed E-state index contributed by atoms with van der Waals surface area (Å²) < 4.78 is 103. The molecule has 1 aliphatic carbocycles. The first-order valence-electron chi connectivity index (χ1n) is 16.0. The second-order valence-corrected chi connectivity index (χ2v) is 13.6. The number of benzene rings is 2. The molecule has 1 saturated carbocycles. The summed E-state index contributed by atoms with van der Waals surface area (Å²) in [6.07, 6.45) is -2.25. The molecular weight excluding hydrogens is 751 g/mol. The number of amides is 2. The van der Waals surface area contributed by atoms with Crippen molar-refractivity contribution in [3.63, 3.8) is 0 Å². The van der Waals surface area contributed by atoms with E-state index >= 15 is 4.39 Å². The van der Waals surface area contributed by atoms with Crippen LogP contribution in [0.5, 0.6) is 0 Å². The molecule has 12 nitrogen and oxygen atoms in total. The van der Waals surface area contributed by atoms with E-state index < -0.39 is 79.0 Å². The number of guanidine groups is 1. The number of hydrogen-bond acceptors (Lipinski definition) is 7. The second kappa shape index (κ2) is 15.5. The maximum absolute atomic E-state index is 15.6. The van der Waals surface area contributed by atoms with Crippen LogP contribution in [0.3, 0.4) is 0 Å². The van der Waals surface area contributed by atoms with Gasteiger partial charge in [0.05, 0.1) is 22.9 Å². The Morgan fingerprint density at radius 3 is 2.44 bits per heavy atom. The molecule has 54 heavy (non-hydrogen) atoms. The first-order chi connectivity index (χ1) is 25.3. The van der Waals surface area contributed by atoms with Crippen LogP contribution in [0, 0.1) is 16.6 Å². The average molecular weight is 784 g/mol. The van der Waals surface area contributed by atoms with E-state index in [0.717, 1.165) is 46.5 Å². The third kappa shape index (κ3) is 8.83. The number of nitrogens with one attached hydrogen (secondary N) is 3. The molecule has 3 N–H and O–H groups in total. The van der Waals surface area contributed by atoms with Crippen LogP contribution in [0.2, 0.25) is 5.02 Å². The van der Waals surface area contributed by atoms with Gasteiger partial charge in [0.1, 0.15) is 24.8 Å². The first kappa shape index (κ1) is 39.7. The minimum Gasteiger partial charge on any atom is -0.447 e. The van der Waals surface area contributed by atoms with Gasteiger partial charge in [0.25, 0.3) is 18.3 Å². The molecule has 2 aromatic heterocycles. The van der Waals surface area contributed by atoms with Crippen molar-refractivity contribution in [2.24, 2.45) is 5.41 Å². The summed E-state index contributed by atoms with van der Waals surface area (Å²) in [5.74, 6) is -6.64. The molecule has 5 rings (SSSR count). The largest absolute Gasteiger partial charge is 0.447 e. The van der Waals surface area contributed by atoms with Crippen LogP contribution in [-0.2, 0) is 4.74 Å². The Morgan fingerprint density at radius 1 is 1.15 bits per heavy atom. The van der Waals surface area contributed by atoms with Crippen LogP contribution in [0.25, 0.3) is 16.8 Å². The quantitative estimate of drug-likeness (QED) is 0.0579. The molecule has 288 valence electrons. The molecule has 0 radical (unpaired) electrons. The molecule has 0 bridgehead atoms. The lowest BCUT2D eigenvalue weighted by Gasteiger charge is -2.33. The van der Waals surface area contributed by atoms with Crippen molar-refractivity contribution in [2.75, 3.05) is 13.2 Å². The predicted octanol–water partition coefficient (Wildman–Crippen LogP) is 7.70. The van der Waals surface area contributed by atoms with E-state index in [1.807, 2.05) is 26.1 Å².